The zero-order valence-electron chi connectivity index (χ0n) is 11.3. The second-order valence-electron chi connectivity index (χ2n) is 4.00. The zero-order chi connectivity index (χ0) is 14.8. The normalized spacial score (nSPS) is 19.4. The molecule has 2 rings (SSSR count). The summed E-state index contributed by atoms with van der Waals surface area (Å²) in [5.74, 6) is 0. The minimum absolute atomic E-state index is 0. The second-order valence-corrected chi connectivity index (χ2v) is 6.15. The Morgan fingerprint density at radius 2 is 1.05 bits per heavy atom. The average Bonchev–Trinajstić information content (AvgIpc) is 2.40. The van der Waals surface area contributed by atoms with E-state index >= 15 is 0 Å². The Labute approximate surface area is 157 Å². The minimum atomic E-state index is 0. The number of rotatable bonds is 2. The van der Waals surface area contributed by atoms with E-state index < -0.39 is 0 Å². The molecule has 0 aliphatic carbocycles. The molecule has 0 spiro atoms. The van der Waals surface area contributed by atoms with E-state index in [1.807, 2.05) is 10.0 Å². The molecule has 2 fully saturated rings. The molecule has 2 N–H and O–H groups in total. The van der Waals surface area contributed by atoms with Crippen LogP contribution in [-0.2, 0) is 51.5 Å². The van der Waals surface area contributed by atoms with E-state index in [0.717, 1.165) is 52.6 Å². The van der Waals surface area contributed by atoms with Gasteiger partial charge in [-0.3, -0.25) is 0 Å². The van der Waals surface area contributed by atoms with Crippen LogP contribution in [0.4, 0.5) is 0 Å². The number of hydrogen-bond acceptors (Lipinski definition) is 8. The Hall–Kier alpha value is 0.566. The quantitative estimate of drug-likeness (QED) is 0.449. The van der Waals surface area contributed by atoms with Crippen LogP contribution < -0.4 is 10.9 Å². The van der Waals surface area contributed by atoms with Crippen molar-refractivity contribution in [1.29, 1.82) is 0 Å². The molecule has 11 heteroatoms. The summed E-state index contributed by atoms with van der Waals surface area (Å²) in [7, 11) is 0. The third-order valence-corrected chi connectivity index (χ3v) is 2.89. The monoisotopic (exact) mass is 413 g/mol. The molecule has 21 heavy (non-hydrogen) atoms. The van der Waals surface area contributed by atoms with Crippen LogP contribution in [-0.4, -0.2) is 71.3 Å². The number of thiocarbonyl (C=S) groups is 2. The fourth-order valence-electron chi connectivity index (χ4n) is 1.61. The molecule has 123 valence electrons. The Morgan fingerprint density at radius 3 is 1.29 bits per heavy atom. The summed E-state index contributed by atoms with van der Waals surface area (Å²) in [6.07, 6.45) is 0. The third kappa shape index (κ3) is 11.7. The van der Waals surface area contributed by atoms with E-state index in [2.05, 4.69) is 10.9 Å². The van der Waals surface area contributed by atoms with Gasteiger partial charge in [0.15, 0.2) is 0 Å². The van der Waals surface area contributed by atoms with E-state index in [-0.39, 0.29) is 16.8 Å². The van der Waals surface area contributed by atoms with Crippen molar-refractivity contribution in [2.24, 2.45) is 0 Å². The van der Waals surface area contributed by atoms with Crippen molar-refractivity contribution >= 4 is 58.3 Å². The minimum Gasteiger partial charge on any atom is -0.410 e. The van der Waals surface area contributed by atoms with Gasteiger partial charge in [-0.25, -0.2) is 10.0 Å². The molecule has 2 aliphatic rings. The van der Waals surface area contributed by atoms with Crippen LogP contribution in [0.1, 0.15) is 0 Å². The summed E-state index contributed by atoms with van der Waals surface area (Å²) in [5, 5.41) is 3.94. The van der Waals surface area contributed by atoms with Crippen molar-refractivity contribution < 1.29 is 26.3 Å². The van der Waals surface area contributed by atoms with Crippen LogP contribution in [0.3, 0.4) is 0 Å². The van der Waals surface area contributed by atoms with Gasteiger partial charge in [0, 0.05) is 26.2 Å². The number of morpholine rings is 2. The van der Waals surface area contributed by atoms with Crippen molar-refractivity contribution in [2.75, 3.05) is 52.6 Å². The fraction of sp³-hybridized carbons (Fsp3) is 0.800. The SMILES string of the molecule is S=C([S-])NN1CCOCC1.S=C([S-])NN1CCOCC1.[Co+2]. The van der Waals surface area contributed by atoms with Gasteiger partial charge in [-0.05, 0) is 8.64 Å². The Balaban J connectivity index is 0.000000364. The topological polar surface area (TPSA) is 49.0 Å². The molecule has 6 nitrogen and oxygen atoms in total. The smallest absolute Gasteiger partial charge is 0.410 e. The predicted molar refractivity (Wildman–Crippen MR) is 91.0 cm³/mol. The van der Waals surface area contributed by atoms with Crippen LogP contribution in [0, 0.1) is 0 Å². The van der Waals surface area contributed by atoms with Gasteiger partial charge in [0.2, 0.25) is 0 Å². The van der Waals surface area contributed by atoms with Gasteiger partial charge in [0.05, 0.1) is 26.4 Å². The number of ether oxygens (including phenoxy) is 2. The molecule has 2 aliphatic heterocycles. The maximum atomic E-state index is 5.12. The van der Waals surface area contributed by atoms with Crippen molar-refractivity contribution in [3.8, 4) is 0 Å². The number of nitrogens with one attached hydrogen (secondary N) is 2. The van der Waals surface area contributed by atoms with Crippen molar-refractivity contribution in [2.45, 2.75) is 0 Å². The van der Waals surface area contributed by atoms with Crippen molar-refractivity contribution in [3.05, 3.63) is 0 Å². The van der Waals surface area contributed by atoms with E-state index in [1.54, 1.807) is 0 Å². The van der Waals surface area contributed by atoms with Gasteiger partial charge in [-0.2, -0.15) is 0 Å². The fourth-order valence-corrected chi connectivity index (χ4v) is 2.12. The first-order chi connectivity index (χ1) is 9.58. The van der Waals surface area contributed by atoms with E-state index in [0.29, 0.717) is 8.64 Å². The molecular weight excluding hydrogens is 395 g/mol. The summed E-state index contributed by atoms with van der Waals surface area (Å²) >= 11 is 18.8. The summed E-state index contributed by atoms with van der Waals surface area (Å²) in [4.78, 5) is 0. The second kappa shape index (κ2) is 13.0. The Kier molecular flexibility index (Phi) is 13.4. The summed E-state index contributed by atoms with van der Waals surface area (Å²) in [6.45, 7) is 6.45. The Morgan fingerprint density at radius 1 is 0.762 bits per heavy atom. The molecule has 2 saturated heterocycles. The standard InChI is InChI=1S/2C5H10N2OS2.Co/c2*9-5(10)6-7-1-3-8-4-2-7;/h2*1-4H2,(H2,6,9,10);/q;;+2/p-2. The molecule has 0 aromatic heterocycles. The molecule has 0 unspecified atom stereocenters. The zero-order valence-corrected chi connectivity index (χ0v) is 15.6. The number of hydrogen-bond donors (Lipinski definition) is 2. The number of hydrazine groups is 2. The molecule has 0 bridgehead atoms. The molecule has 0 aromatic carbocycles. The van der Waals surface area contributed by atoms with E-state index in [1.165, 1.54) is 0 Å². The van der Waals surface area contributed by atoms with Gasteiger partial charge in [0.1, 0.15) is 0 Å². The number of nitrogens with zero attached hydrogens (tertiary/aromatic N) is 2. The van der Waals surface area contributed by atoms with Gasteiger partial charge in [-0.1, -0.05) is 0 Å². The van der Waals surface area contributed by atoms with Gasteiger partial charge < -0.3 is 70.0 Å². The molecule has 0 atom stereocenters. The Bertz CT molecular complexity index is 285. The van der Waals surface area contributed by atoms with E-state index in [9.17, 15) is 0 Å². The van der Waals surface area contributed by atoms with Crippen molar-refractivity contribution in [1.82, 2.24) is 20.9 Å². The van der Waals surface area contributed by atoms with Crippen molar-refractivity contribution in [3.63, 3.8) is 0 Å². The summed E-state index contributed by atoms with van der Waals surface area (Å²) in [5.41, 5.74) is 5.76. The van der Waals surface area contributed by atoms with Crippen LogP contribution in [0.15, 0.2) is 0 Å². The van der Waals surface area contributed by atoms with Crippen LogP contribution in [0.5, 0.6) is 0 Å². The molecular formula is C10H18CoN4O2S4. The molecule has 0 amide bonds. The molecule has 0 saturated carbocycles. The first-order valence-electron chi connectivity index (χ1n) is 6.18. The average molecular weight is 413 g/mol. The van der Waals surface area contributed by atoms with Crippen LogP contribution >= 0.6 is 24.4 Å². The third-order valence-electron chi connectivity index (χ3n) is 2.52. The van der Waals surface area contributed by atoms with Gasteiger partial charge in [-0.15, -0.1) is 0 Å². The summed E-state index contributed by atoms with van der Waals surface area (Å²) in [6, 6.07) is 0. The van der Waals surface area contributed by atoms with Gasteiger partial charge >= 0.3 is 16.8 Å². The predicted octanol–water partition coefficient (Wildman–Crippen LogP) is -0.692. The van der Waals surface area contributed by atoms with Crippen LogP contribution in [0.25, 0.3) is 0 Å². The first-order valence-corrected chi connectivity index (χ1v) is 7.82. The first kappa shape index (κ1) is 21.6. The molecule has 0 aromatic rings. The molecule has 2 heterocycles. The van der Waals surface area contributed by atoms with E-state index in [4.69, 9.17) is 59.2 Å². The summed E-state index contributed by atoms with van der Waals surface area (Å²) < 4.78 is 11.1. The molecule has 1 radical (unpaired) electrons. The van der Waals surface area contributed by atoms with Gasteiger partial charge in [0.25, 0.3) is 0 Å². The van der Waals surface area contributed by atoms with Crippen LogP contribution in [0.2, 0.25) is 0 Å². The largest absolute Gasteiger partial charge is 2.00 e. The maximum Gasteiger partial charge on any atom is 2.00 e. The maximum absolute atomic E-state index is 5.12.